The number of carbonyl (C=O) groups excluding carboxylic acids is 1. The van der Waals surface area contributed by atoms with Crippen LogP contribution in [0.15, 0.2) is 48.7 Å². The maximum Gasteiger partial charge on any atom is 0.354 e. The minimum absolute atomic E-state index is 0.307. The van der Waals surface area contributed by atoms with E-state index in [9.17, 15) is 4.79 Å². The average Bonchev–Trinajstić information content (AvgIpc) is 2.94. The van der Waals surface area contributed by atoms with E-state index < -0.39 is 0 Å². The van der Waals surface area contributed by atoms with Crippen molar-refractivity contribution in [2.75, 3.05) is 6.61 Å². The molecule has 0 bridgehead atoms. The second-order valence-corrected chi connectivity index (χ2v) is 5.25. The van der Waals surface area contributed by atoms with Gasteiger partial charge in [0.05, 0.1) is 17.8 Å². The van der Waals surface area contributed by atoms with Crippen LogP contribution in [0.5, 0.6) is 0 Å². The number of pyridine rings is 1. The van der Waals surface area contributed by atoms with Crippen LogP contribution in [0, 0.1) is 0 Å². The monoisotopic (exact) mass is 306 g/mol. The molecule has 0 aliphatic carbocycles. The van der Waals surface area contributed by atoms with Gasteiger partial charge in [-0.3, -0.25) is 0 Å². The molecule has 2 aromatic heterocycles. The summed E-state index contributed by atoms with van der Waals surface area (Å²) in [5, 5.41) is 1.12. The molecule has 0 spiro atoms. The Morgan fingerprint density at radius 3 is 2.87 bits per heavy atom. The summed E-state index contributed by atoms with van der Waals surface area (Å²) in [7, 11) is 1.83. The van der Waals surface area contributed by atoms with Crippen molar-refractivity contribution >= 4 is 29.0 Å². The molecule has 4 heteroatoms. The van der Waals surface area contributed by atoms with E-state index in [1.807, 2.05) is 61.8 Å². The maximum absolute atomic E-state index is 11.8. The Morgan fingerprint density at radius 2 is 2.04 bits per heavy atom. The third-order valence-corrected chi connectivity index (χ3v) is 3.58. The number of hydrogen-bond donors (Lipinski definition) is 0. The predicted octanol–water partition coefficient (Wildman–Crippen LogP) is 3.92. The quantitative estimate of drug-likeness (QED) is 0.686. The van der Waals surface area contributed by atoms with Crippen LogP contribution >= 0.6 is 0 Å². The van der Waals surface area contributed by atoms with Gasteiger partial charge in [-0.1, -0.05) is 30.3 Å². The Kier molecular flexibility index (Phi) is 4.24. The Morgan fingerprint density at radius 1 is 1.22 bits per heavy atom. The Labute approximate surface area is 135 Å². The Bertz CT molecular complexity index is 878. The fourth-order valence-electron chi connectivity index (χ4n) is 2.45. The summed E-state index contributed by atoms with van der Waals surface area (Å²) in [4.78, 5) is 16.4. The normalized spacial score (nSPS) is 11.2. The number of rotatable bonds is 4. The average molecular weight is 306 g/mol. The number of carbonyl (C=O) groups is 1. The van der Waals surface area contributed by atoms with E-state index in [1.54, 1.807) is 11.5 Å². The zero-order valence-electron chi connectivity index (χ0n) is 13.2. The molecule has 0 fully saturated rings. The first-order valence-corrected chi connectivity index (χ1v) is 7.55. The van der Waals surface area contributed by atoms with Gasteiger partial charge in [0.15, 0.2) is 0 Å². The lowest BCUT2D eigenvalue weighted by Crippen LogP contribution is -2.08. The van der Waals surface area contributed by atoms with Crippen LogP contribution in [0.4, 0.5) is 0 Å². The highest BCUT2D eigenvalue weighted by Gasteiger charge is 2.11. The highest BCUT2D eigenvalue weighted by molar-refractivity contribution is 5.89. The zero-order valence-corrected chi connectivity index (χ0v) is 13.2. The molecule has 3 rings (SSSR count). The van der Waals surface area contributed by atoms with E-state index in [-0.39, 0.29) is 5.97 Å². The largest absolute Gasteiger partial charge is 0.461 e. The van der Waals surface area contributed by atoms with Crippen molar-refractivity contribution in [1.29, 1.82) is 0 Å². The summed E-state index contributed by atoms with van der Waals surface area (Å²) in [6.07, 6.45) is 5.78. The third-order valence-electron chi connectivity index (χ3n) is 3.58. The van der Waals surface area contributed by atoms with Crippen LogP contribution in [0.25, 0.3) is 23.1 Å². The number of para-hydroxylation sites is 1. The van der Waals surface area contributed by atoms with Gasteiger partial charge in [-0.25, -0.2) is 9.78 Å². The lowest BCUT2D eigenvalue weighted by atomic mass is 10.2. The van der Waals surface area contributed by atoms with Gasteiger partial charge in [0, 0.05) is 18.6 Å². The Balaban J connectivity index is 1.84. The Hall–Kier alpha value is -2.88. The summed E-state index contributed by atoms with van der Waals surface area (Å²) in [6.45, 7) is 2.17. The number of fused-ring (bicyclic) bond motifs is 1. The van der Waals surface area contributed by atoms with Gasteiger partial charge in [0.1, 0.15) is 5.69 Å². The third kappa shape index (κ3) is 3.31. The molecule has 23 heavy (non-hydrogen) atoms. The number of aromatic nitrogens is 2. The van der Waals surface area contributed by atoms with Gasteiger partial charge in [0.2, 0.25) is 0 Å². The summed E-state index contributed by atoms with van der Waals surface area (Å²) >= 11 is 0. The van der Waals surface area contributed by atoms with Crippen molar-refractivity contribution in [3.63, 3.8) is 0 Å². The van der Waals surface area contributed by atoms with Crippen molar-refractivity contribution < 1.29 is 9.53 Å². The molecule has 0 saturated carbocycles. The van der Waals surface area contributed by atoms with Crippen molar-refractivity contribution in [1.82, 2.24) is 9.55 Å². The summed E-state index contributed by atoms with van der Waals surface area (Å²) in [5.41, 5.74) is 3.32. The van der Waals surface area contributed by atoms with Gasteiger partial charge in [-0.2, -0.15) is 0 Å². The molecular weight excluding hydrogens is 288 g/mol. The van der Waals surface area contributed by atoms with Crippen LogP contribution in [-0.2, 0) is 11.8 Å². The predicted molar refractivity (Wildman–Crippen MR) is 92.0 cm³/mol. The van der Waals surface area contributed by atoms with Crippen LogP contribution < -0.4 is 0 Å². The van der Waals surface area contributed by atoms with Crippen LogP contribution in [0.1, 0.15) is 28.7 Å². The fraction of sp³-hybridized carbons (Fsp3) is 0.158. The van der Waals surface area contributed by atoms with Gasteiger partial charge >= 0.3 is 5.97 Å². The molecule has 1 aromatic carbocycles. The van der Waals surface area contributed by atoms with Crippen molar-refractivity contribution in [3.05, 3.63) is 65.6 Å². The van der Waals surface area contributed by atoms with E-state index in [0.717, 1.165) is 22.2 Å². The molecule has 0 aliphatic rings. The molecule has 0 aliphatic heterocycles. The first-order chi connectivity index (χ1) is 11.2. The van der Waals surface area contributed by atoms with Crippen LogP contribution in [0.2, 0.25) is 0 Å². The molecule has 2 heterocycles. The molecule has 0 atom stereocenters. The number of esters is 1. The van der Waals surface area contributed by atoms with Crippen LogP contribution in [0.3, 0.4) is 0 Å². The van der Waals surface area contributed by atoms with Gasteiger partial charge in [0.25, 0.3) is 0 Å². The molecule has 0 amide bonds. The van der Waals surface area contributed by atoms with Crippen molar-refractivity contribution in [3.8, 4) is 0 Å². The lowest BCUT2D eigenvalue weighted by Gasteiger charge is -2.01. The van der Waals surface area contributed by atoms with E-state index in [4.69, 9.17) is 4.74 Å². The van der Waals surface area contributed by atoms with E-state index in [0.29, 0.717) is 12.3 Å². The number of ether oxygens (including phenoxy) is 1. The zero-order chi connectivity index (χ0) is 16.2. The SMILES string of the molecule is CCOC(=O)c1cc(C=Cc2ccc3ccccc3n2)cn1C. The molecule has 3 aromatic rings. The van der Waals surface area contributed by atoms with Gasteiger partial charge < -0.3 is 9.30 Å². The molecule has 0 radical (unpaired) electrons. The minimum Gasteiger partial charge on any atom is -0.461 e. The highest BCUT2D eigenvalue weighted by atomic mass is 16.5. The molecule has 116 valence electrons. The van der Waals surface area contributed by atoms with E-state index in [2.05, 4.69) is 11.1 Å². The standard InChI is InChI=1S/C19H18N2O2/c1-3-23-19(22)18-12-14(13-21(18)2)8-10-16-11-9-15-6-4-5-7-17(15)20-16/h4-13H,3H2,1-2H3. The number of nitrogens with zero attached hydrogens (tertiary/aromatic N) is 2. The molecule has 0 N–H and O–H groups in total. The van der Waals surface area contributed by atoms with Crippen molar-refractivity contribution in [2.24, 2.45) is 7.05 Å². The smallest absolute Gasteiger partial charge is 0.354 e. The second kappa shape index (κ2) is 6.48. The van der Waals surface area contributed by atoms with Crippen molar-refractivity contribution in [2.45, 2.75) is 6.92 Å². The first-order valence-electron chi connectivity index (χ1n) is 7.55. The maximum atomic E-state index is 11.8. The topological polar surface area (TPSA) is 44.1 Å². The number of aryl methyl sites for hydroxylation is 1. The van der Waals surface area contributed by atoms with Gasteiger partial charge in [-0.05, 0) is 36.8 Å². The molecule has 0 saturated heterocycles. The molecule has 4 nitrogen and oxygen atoms in total. The molecular formula is C19H18N2O2. The first kappa shape index (κ1) is 15.0. The van der Waals surface area contributed by atoms with Gasteiger partial charge in [-0.15, -0.1) is 0 Å². The summed E-state index contributed by atoms with van der Waals surface area (Å²) < 4.78 is 6.81. The van der Waals surface area contributed by atoms with E-state index >= 15 is 0 Å². The summed E-state index contributed by atoms with van der Waals surface area (Å²) in [6, 6.07) is 13.9. The fourth-order valence-corrected chi connectivity index (χ4v) is 2.45. The number of hydrogen-bond acceptors (Lipinski definition) is 3. The molecule has 0 unspecified atom stereocenters. The number of benzene rings is 1. The van der Waals surface area contributed by atoms with Crippen LogP contribution in [-0.4, -0.2) is 22.1 Å². The lowest BCUT2D eigenvalue weighted by molar-refractivity contribution is 0.0515. The highest BCUT2D eigenvalue weighted by Crippen LogP contribution is 2.15. The van der Waals surface area contributed by atoms with E-state index in [1.165, 1.54) is 0 Å². The minimum atomic E-state index is -0.307. The summed E-state index contributed by atoms with van der Waals surface area (Å²) in [5.74, 6) is -0.307. The second-order valence-electron chi connectivity index (χ2n) is 5.25.